The van der Waals surface area contributed by atoms with E-state index in [1.54, 1.807) is 14.0 Å². The Morgan fingerprint density at radius 1 is 1.36 bits per heavy atom. The molecule has 126 valence electrons. The fourth-order valence-corrected chi connectivity index (χ4v) is 3.37. The highest BCUT2D eigenvalue weighted by molar-refractivity contribution is 5.74. The standard InChI is InChI=1S/C16H29N3O3/c1-15(21-3,22-4)19(2)14(20)18-13-16(11-8-12-17-13)9-6-5-7-10-16/h6,9,13,17H,5,7-8,10-12H2,1-4H3,(H,18,20). The Morgan fingerprint density at radius 3 is 2.64 bits per heavy atom. The molecule has 2 aliphatic rings. The van der Waals surface area contributed by atoms with Gasteiger partial charge in [0.25, 0.3) is 5.91 Å². The molecular formula is C16H29N3O3. The SMILES string of the molecule is COC(C)(OC)N(C)C(=O)NC1NCCCC12C=CCCC2. The summed E-state index contributed by atoms with van der Waals surface area (Å²) in [6.07, 6.45) is 10.1. The van der Waals surface area contributed by atoms with Crippen LogP contribution in [0.3, 0.4) is 0 Å². The van der Waals surface area contributed by atoms with E-state index in [1.165, 1.54) is 25.5 Å². The van der Waals surface area contributed by atoms with Crippen molar-refractivity contribution in [2.24, 2.45) is 5.41 Å². The number of allylic oxidation sites excluding steroid dienone is 1. The lowest BCUT2D eigenvalue weighted by Gasteiger charge is -2.46. The third kappa shape index (κ3) is 3.29. The summed E-state index contributed by atoms with van der Waals surface area (Å²) >= 11 is 0. The lowest BCUT2D eigenvalue weighted by molar-refractivity contribution is -0.260. The molecule has 0 saturated carbocycles. The van der Waals surface area contributed by atoms with Crippen LogP contribution in [0.15, 0.2) is 12.2 Å². The molecule has 1 heterocycles. The van der Waals surface area contributed by atoms with Crippen LogP contribution in [-0.4, -0.2) is 50.8 Å². The minimum Gasteiger partial charge on any atom is -0.336 e. The molecular weight excluding hydrogens is 282 g/mol. The van der Waals surface area contributed by atoms with Gasteiger partial charge in [-0.05, 0) is 38.6 Å². The second-order valence-electron chi connectivity index (χ2n) is 6.33. The number of methoxy groups -OCH3 is 2. The Labute approximate surface area is 133 Å². The van der Waals surface area contributed by atoms with Gasteiger partial charge in [-0.3, -0.25) is 10.2 Å². The Hall–Kier alpha value is -1.11. The number of rotatable bonds is 4. The van der Waals surface area contributed by atoms with E-state index in [9.17, 15) is 4.79 Å². The van der Waals surface area contributed by atoms with Crippen LogP contribution >= 0.6 is 0 Å². The van der Waals surface area contributed by atoms with Crippen LogP contribution in [-0.2, 0) is 9.47 Å². The molecule has 0 aromatic heterocycles. The Balaban J connectivity index is 2.09. The normalized spacial score (nSPS) is 28.6. The summed E-state index contributed by atoms with van der Waals surface area (Å²) in [4.78, 5) is 14.0. The molecule has 2 atom stereocenters. The predicted octanol–water partition coefficient (Wildman–Crippen LogP) is 2.03. The fourth-order valence-electron chi connectivity index (χ4n) is 3.37. The topological polar surface area (TPSA) is 62.8 Å². The van der Waals surface area contributed by atoms with Crippen LogP contribution in [0.1, 0.15) is 39.0 Å². The van der Waals surface area contributed by atoms with Crippen molar-refractivity contribution in [1.29, 1.82) is 0 Å². The van der Waals surface area contributed by atoms with Crippen molar-refractivity contribution in [1.82, 2.24) is 15.5 Å². The Kier molecular flexibility index (Phi) is 5.47. The lowest BCUT2D eigenvalue weighted by Crippen LogP contribution is -2.63. The number of carbonyl (C=O) groups is 1. The molecule has 0 radical (unpaired) electrons. The average molecular weight is 311 g/mol. The molecule has 0 aromatic carbocycles. The molecule has 2 amide bonds. The quantitative estimate of drug-likeness (QED) is 0.616. The zero-order chi connectivity index (χ0) is 16.2. The highest BCUT2D eigenvalue weighted by Gasteiger charge is 2.42. The van der Waals surface area contributed by atoms with Crippen molar-refractivity contribution in [3.05, 3.63) is 12.2 Å². The number of piperidine rings is 1. The van der Waals surface area contributed by atoms with Crippen molar-refractivity contribution in [2.45, 2.75) is 51.1 Å². The van der Waals surface area contributed by atoms with E-state index >= 15 is 0 Å². The number of carbonyl (C=O) groups excluding carboxylic acids is 1. The van der Waals surface area contributed by atoms with Crippen molar-refractivity contribution in [2.75, 3.05) is 27.8 Å². The summed E-state index contributed by atoms with van der Waals surface area (Å²) in [5, 5.41) is 6.58. The van der Waals surface area contributed by atoms with Crippen molar-refractivity contribution in [3.8, 4) is 0 Å². The molecule has 2 unspecified atom stereocenters. The zero-order valence-corrected chi connectivity index (χ0v) is 14.1. The van der Waals surface area contributed by atoms with Crippen molar-refractivity contribution >= 4 is 6.03 Å². The zero-order valence-electron chi connectivity index (χ0n) is 14.1. The van der Waals surface area contributed by atoms with E-state index in [-0.39, 0.29) is 17.6 Å². The number of hydrogen-bond acceptors (Lipinski definition) is 4. The largest absolute Gasteiger partial charge is 0.336 e. The van der Waals surface area contributed by atoms with Crippen molar-refractivity contribution < 1.29 is 14.3 Å². The van der Waals surface area contributed by atoms with E-state index in [0.29, 0.717) is 0 Å². The van der Waals surface area contributed by atoms with Gasteiger partial charge in [0, 0.05) is 33.6 Å². The van der Waals surface area contributed by atoms with Crippen molar-refractivity contribution in [3.63, 3.8) is 0 Å². The predicted molar refractivity (Wildman–Crippen MR) is 85.2 cm³/mol. The van der Waals surface area contributed by atoms with E-state index < -0.39 is 5.91 Å². The maximum atomic E-state index is 12.6. The van der Waals surface area contributed by atoms with Crippen LogP contribution in [0, 0.1) is 5.41 Å². The second kappa shape index (κ2) is 6.98. The van der Waals surface area contributed by atoms with Crippen LogP contribution in [0.2, 0.25) is 0 Å². The molecule has 22 heavy (non-hydrogen) atoms. The second-order valence-corrected chi connectivity index (χ2v) is 6.33. The number of hydrogen-bond donors (Lipinski definition) is 2. The number of amides is 2. The number of ether oxygens (including phenoxy) is 2. The van der Waals surface area contributed by atoms with Crippen LogP contribution in [0.5, 0.6) is 0 Å². The third-order valence-electron chi connectivity index (χ3n) is 5.14. The van der Waals surface area contributed by atoms with Gasteiger partial charge in [0.15, 0.2) is 0 Å². The van der Waals surface area contributed by atoms with Gasteiger partial charge in [-0.2, -0.15) is 0 Å². The maximum absolute atomic E-state index is 12.6. The summed E-state index contributed by atoms with van der Waals surface area (Å²) in [7, 11) is 4.73. The summed E-state index contributed by atoms with van der Waals surface area (Å²) in [5.41, 5.74) is 0.0313. The first-order valence-corrected chi connectivity index (χ1v) is 8.03. The van der Waals surface area contributed by atoms with E-state index in [1.807, 2.05) is 0 Å². The molecule has 6 nitrogen and oxygen atoms in total. The first kappa shape index (κ1) is 17.2. The number of nitrogens with zero attached hydrogens (tertiary/aromatic N) is 1. The fraction of sp³-hybridized carbons (Fsp3) is 0.812. The Morgan fingerprint density at radius 2 is 2.05 bits per heavy atom. The molecule has 6 heteroatoms. The van der Waals surface area contributed by atoms with Gasteiger partial charge in [0.05, 0.1) is 6.17 Å². The average Bonchev–Trinajstić information content (AvgIpc) is 2.56. The maximum Gasteiger partial charge on any atom is 0.322 e. The molecule has 0 bridgehead atoms. The minimum atomic E-state index is -1.08. The monoisotopic (exact) mass is 311 g/mol. The van der Waals surface area contributed by atoms with Gasteiger partial charge in [-0.1, -0.05) is 12.2 Å². The molecule has 1 aliphatic carbocycles. The van der Waals surface area contributed by atoms with E-state index in [2.05, 4.69) is 22.8 Å². The van der Waals surface area contributed by atoms with Crippen LogP contribution in [0.4, 0.5) is 4.79 Å². The van der Waals surface area contributed by atoms with Gasteiger partial charge in [-0.25, -0.2) is 4.79 Å². The molecule has 2 rings (SSSR count). The highest BCUT2D eigenvalue weighted by atomic mass is 16.7. The first-order valence-electron chi connectivity index (χ1n) is 8.03. The van der Waals surface area contributed by atoms with Gasteiger partial charge < -0.3 is 14.8 Å². The third-order valence-corrected chi connectivity index (χ3v) is 5.14. The molecule has 1 fully saturated rings. The van der Waals surface area contributed by atoms with E-state index in [4.69, 9.17) is 9.47 Å². The molecule has 1 spiro atoms. The van der Waals surface area contributed by atoms with Gasteiger partial charge >= 0.3 is 6.03 Å². The van der Waals surface area contributed by atoms with Gasteiger partial charge in [0.2, 0.25) is 0 Å². The molecule has 1 aliphatic heterocycles. The smallest absolute Gasteiger partial charge is 0.322 e. The molecule has 1 saturated heterocycles. The van der Waals surface area contributed by atoms with Crippen LogP contribution < -0.4 is 10.6 Å². The van der Waals surface area contributed by atoms with E-state index in [0.717, 1.165) is 32.2 Å². The highest BCUT2D eigenvalue weighted by Crippen LogP contribution is 2.40. The number of urea groups is 1. The van der Waals surface area contributed by atoms with Gasteiger partial charge in [-0.15, -0.1) is 0 Å². The summed E-state index contributed by atoms with van der Waals surface area (Å²) in [6.45, 7) is 2.65. The molecule has 2 N–H and O–H groups in total. The molecule has 0 aromatic rings. The van der Waals surface area contributed by atoms with Crippen LogP contribution in [0.25, 0.3) is 0 Å². The summed E-state index contributed by atoms with van der Waals surface area (Å²) in [6, 6.07) is -0.205. The summed E-state index contributed by atoms with van der Waals surface area (Å²) in [5.74, 6) is -1.08. The first-order chi connectivity index (χ1) is 10.5. The number of nitrogens with one attached hydrogen (secondary N) is 2. The minimum absolute atomic E-state index is 0.0313. The summed E-state index contributed by atoms with van der Waals surface area (Å²) < 4.78 is 10.6. The Bertz CT molecular complexity index is 423. The lowest BCUT2D eigenvalue weighted by atomic mass is 9.71. The van der Waals surface area contributed by atoms with Gasteiger partial charge in [0.1, 0.15) is 0 Å².